The van der Waals surface area contributed by atoms with E-state index in [0.717, 1.165) is 6.04 Å². The van der Waals surface area contributed by atoms with Crippen molar-refractivity contribution in [1.82, 2.24) is 9.80 Å². The molecule has 2 atom stereocenters. The summed E-state index contributed by atoms with van der Waals surface area (Å²) in [5.41, 5.74) is 2.94. The summed E-state index contributed by atoms with van der Waals surface area (Å²) in [4.78, 5) is 5.42. The van der Waals surface area contributed by atoms with Gasteiger partial charge in [-0.3, -0.25) is 9.80 Å². The van der Waals surface area contributed by atoms with Gasteiger partial charge >= 0.3 is 0 Å². The Hall–Kier alpha value is -0.860. The van der Waals surface area contributed by atoms with E-state index < -0.39 is 0 Å². The summed E-state index contributed by atoms with van der Waals surface area (Å²) >= 11 is 0. The van der Waals surface area contributed by atoms with Gasteiger partial charge in [-0.2, -0.15) is 0 Å². The van der Waals surface area contributed by atoms with Crippen molar-refractivity contribution in [2.45, 2.75) is 45.2 Å². The smallest absolute Gasteiger partial charge is 0.0323 e. The lowest BCUT2D eigenvalue weighted by Gasteiger charge is -2.31. The van der Waals surface area contributed by atoms with Gasteiger partial charge in [-0.25, -0.2) is 0 Å². The number of hydrogen-bond acceptors (Lipinski definition) is 2. The lowest BCUT2D eigenvalue weighted by molar-refractivity contribution is 0.182. The van der Waals surface area contributed by atoms with Crippen molar-refractivity contribution < 1.29 is 0 Å². The Balaban J connectivity index is 1.76. The molecule has 0 bridgehead atoms. The molecule has 0 saturated carbocycles. The number of fused-ring (bicyclic) bond motifs is 1. The number of benzene rings is 1. The second kappa shape index (κ2) is 5.64. The summed E-state index contributed by atoms with van der Waals surface area (Å²) in [7, 11) is 0. The maximum atomic E-state index is 2.71. The predicted molar refractivity (Wildman–Crippen MR) is 80.4 cm³/mol. The molecule has 1 aromatic rings. The summed E-state index contributed by atoms with van der Waals surface area (Å²) in [6, 6.07) is 10.2. The molecule has 2 nitrogen and oxygen atoms in total. The van der Waals surface area contributed by atoms with Gasteiger partial charge in [0.1, 0.15) is 0 Å². The average Bonchev–Trinajstić information content (AvgIpc) is 2.76. The molecule has 0 spiro atoms. The van der Waals surface area contributed by atoms with Crippen LogP contribution < -0.4 is 0 Å². The summed E-state index contributed by atoms with van der Waals surface area (Å²) in [5, 5.41) is 0. The van der Waals surface area contributed by atoms with Crippen LogP contribution in [0.3, 0.4) is 0 Å². The zero-order valence-electron chi connectivity index (χ0n) is 12.3. The highest BCUT2D eigenvalue weighted by molar-refractivity contribution is 5.28. The lowest BCUT2D eigenvalue weighted by atomic mass is 10.0. The van der Waals surface area contributed by atoms with Crippen LogP contribution in [0.4, 0.5) is 0 Å². The first-order valence-electron chi connectivity index (χ1n) is 7.79. The van der Waals surface area contributed by atoms with E-state index in [2.05, 4.69) is 47.9 Å². The van der Waals surface area contributed by atoms with Crippen LogP contribution in [0.2, 0.25) is 0 Å². The number of rotatable bonds is 2. The van der Waals surface area contributed by atoms with E-state index in [9.17, 15) is 0 Å². The first-order chi connectivity index (χ1) is 9.25. The van der Waals surface area contributed by atoms with Crippen LogP contribution in [0.5, 0.6) is 0 Å². The van der Waals surface area contributed by atoms with E-state index in [4.69, 9.17) is 0 Å². The monoisotopic (exact) mass is 258 g/mol. The molecule has 0 aliphatic carbocycles. The van der Waals surface area contributed by atoms with Gasteiger partial charge in [0, 0.05) is 25.2 Å². The molecule has 104 valence electrons. The molecule has 2 aliphatic heterocycles. The average molecular weight is 258 g/mol. The van der Waals surface area contributed by atoms with Crippen molar-refractivity contribution in [2.75, 3.05) is 26.2 Å². The standard InChI is InChI=1S/C17H26N2/c1-14-7-3-4-9-17(14)15(2)19-12-6-11-18-10-5-8-16(18)13-19/h3-4,7,9,15-16H,5-6,8,10-13H2,1-2H3. The predicted octanol–water partition coefficient (Wildman–Crippen LogP) is 3.23. The van der Waals surface area contributed by atoms with Crippen LogP contribution in [0.1, 0.15) is 43.4 Å². The fourth-order valence-corrected chi connectivity index (χ4v) is 3.84. The third kappa shape index (κ3) is 2.70. The van der Waals surface area contributed by atoms with Gasteiger partial charge in [0.25, 0.3) is 0 Å². The van der Waals surface area contributed by atoms with E-state index in [1.165, 1.54) is 56.6 Å². The van der Waals surface area contributed by atoms with Crippen molar-refractivity contribution in [2.24, 2.45) is 0 Å². The first kappa shape index (κ1) is 13.1. The highest BCUT2D eigenvalue weighted by Crippen LogP contribution is 2.28. The van der Waals surface area contributed by atoms with Crippen LogP contribution in [0.25, 0.3) is 0 Å². The van der Waals surface area contributed by atoms with E-state index >= 15 is 0 Å². The van der Waals surface area contributed by atoms with E-state index in [-0.39, 0.29) is 0 Å². The number of aryl methyl sites for hydroxylation is 1. The van der Waals surface area contributed by atoms with Crippen LogP contribution >= 0.6 is 0 Å². The SMILES string of the molecule is Cc1ccccc1C(C)N1CCCN2CCCC2C1. The molecule has 1 aromatic carbocycles. The number of hydrogen-bond donors (Lipinski definition) is 0. The molecule has 19 heavy (non-hydrogen) atoms. The molecule has 0 aromatic heterocycles. The molecule has 2 fully saturated rings. The summed E-state index contributed by atoms with van der Waals surface area (Å²) in [6.07, 6.45) is 4.13. The molecular formula is C17H26N2. The Morgan fingerprint density at radius 3 is 2.74 bits per heavy atom. The van der Waals surface area contributed by atoms with Crippen molar-refractivity contribution in [1.29, 1.82) is 0 Å². The van der Waals surface area contributed by atoms with Gasteiger partial charge in [0.15, 0.2) is 0 Å². The van der Waals surface area contributed by atoms with Crippen molar-refractivity contribution in [3.05, 3.63) is 35.4 Å². The van der Waals surface area contributed by atoms with Gasteiger partial charge in [-0.05, 0) is 57.3 Å². The quantitative estimate of drug-likeness (QED) is 0.803. The summed E-state index contributed by atoms with van der Waals surface area (Å²) in [5.74, 6) is 0. The second-order valence-corrected chi connectivity index (χ2v) is 6.21. The zero-order valence-corrected chi connectivity index (χ0v) is 12.3. The van der Waals surface area contributed by atoms with Gasteiger partial charge in [0.2, 0.25) is 0 Å². The minimum Gasteiger partial charge on any atom is -0.299 e. The fraction of sp³-hybridized carbons (Fsp3) is 0.647. The Kier molecular flexibility index (Phi) is 3.90. The Morgan fingerprint density at radius 1 is 1.11 bits per heavy atom. The maximum Gasteiger partial charge on any atom is 0.0323 e. The fourth-order valence-electron chi connectivity index (χ4n) is 3.84. The lowest BCUT2D eigenvalue weighted by Crippen LogP contribution is -2.37. The van der Waals surface area contributed by atoms with Crippen molar-refractivity contribution in [3.8, 4) is 0 Å². The molecule has 2 saturated heterocycles. The Bertz CT molecular complexity index is 429. The van der Waals surface area contributed by atoms with E-state index in [1.54, 1.807) is 0 Å². The molecular weight excluding hydrogens is 232 g/mol. The second-order valence-electron chi connectivity index (χ2n) is 6.21. The van der Waals surface area contributed by atoms with Gasteiger partial charge in [-0.15, -0.1) is 0 Å². The van der Waals surface area contributed by atoms with Crippen molar-refractivity contribution in [3.63, 3.8) is 0 Å². The van der Waals surface area contributed by atoms with Gasteiger partial charge < -0.3 is 0 Å². The molecule has 2 heteroatoms. The molecule has 0 radical (unpaired) electrons. The zero-order chi connectivity index (χ0) is 13.2. The highest BCUT2D eigenvalue weighted by atomic mass is 15.3. The molecule has 0 N–H and O–H groups in total. The van der Waals surface area contributed by atoms with Crippen LogP contribution in [0.15, 0.2) is 24.3 Å². The van der Waals surface area contributed by atoms with Crippen LogP contribution in [-0.4, -0.2) is 42.0 Å². The molecule has 3 rings (SSSR count). The minimum absolute atomic E-state index is 0.557. The molecule has 0 amide bonds. The first-order valence-corrected chi connectivity index (χ1v) is 7.79. The van der Waals surface area contributed by atoms with E-state index in [1.807, 2.05) is 0 Å². The minimum atomic E-state index is 0.557. The number of nitrogens with zero attached hydrogens (tertiary/aromatic N) is 2. The normalized spacial score (nSPS) is 26.9. The maximum absolute atomic E-state index is 2.71. The molecule has 2 aliphatic rings. The van der Waals surface area contributed by atoms with Gasteiger partial charge in [-0.1, -0.05) is 24.3 Å². The molecule has 2 heterocycles. The summed E-state index contributed by atoms with van der Waals surface area (Å²) in [6.45, 7) is 9.77. The van der Waals surface area contributed by atoms with Crippen molar-refractivity contribution >= 4 is 0 Å². The van der Waals surface area contributed by atoms with E-state index in [0.29, 0.717) is 6.04 Å². The summed E-state index contributed by atoms with van der Waals surface area (Å²) < 4.78 is 0. The third-order valence-electron chi connectivity index (χ3n) is 5.02. The van der Waals surface area contributed by atoms with Gasteiger partial charge in [0.05, 0.1) is 0 Å². The highest BCUT2D eigenvalue weighted by Gasteiger charge is 2.30. The topological polar surface area (TPSA) is 6.48 Å². The Labute approximate surface area is 117 Å². The van der Waals surface area contributed by atoms with Crippen LogP contribution in [-0.2, 0) is 0 Å². The third-order valence-corrected chi connectivity index (χ3v) is 5.02. The Morgan fingerprint density at radius 2 is 1.89 bits per heavy atom. The molecule has 2 unspecified atom stereocenters. The largest absolute Gasteiger partial charge is 0.299 e. The van der Waals surface area contributed by atoms with Crippen LogP contribution in [0, 0.1) is 6.92 Å².